The van der Waals surface area contributed by atoms with E-state index in [0.717, 1.165) is 32.1 Å². The van der Waals surface area contributed by atoms with Gasteiger partial charge in [-0.25, -0.2) is 0 Å². The number of para-hydroxylation sites is 1. The standard InChI is InChI=1S/C16H27N3/c1-15(2)14-17-8-9-18-10-12-19(13-11-18)16-6-4-3-5-7-16/h3-7,15,17H,8-14H2,1-2H3. The molecule has 0 aromatic heterocycles. The number of rotatable bonds is 6. The molecule has 19 heavy (non-hydrogen) atoms. The minimum absolute atomic E-state index is 0.745. The van der Waals surface area contributed by atoms with E-state index in [1.807, 2.05) is 0 Å². The topological polar surface area (TPSA) is 18.5 Å². The molecule has 106 valence electrons. The number of nitrogens with one attached hydrogen (secondary N) is 1. The molecule has 1 N–H and O–H groups in total. The van der Waals surface area contributed by atoms with Gasteiger partial charge in [-0.3, -0.25) is 4.90 Å². The number of hydrogen-bond donors (Lipinski definition) is 1. The summed E-state index contributed by atoms with van der Waals surface area (Å²) < 4.78 is 0. The molecule has 1 aliphatic rings. The highest BCUT2D eigenvalue weighted by atomic mass is 15.3. The summed E-state index contributed by atoms with van der Waals surface area (Å²) in [6.45, 7) is 12.6. The van der Waals surface area contributed by atoms with Gasteiger partial charge in [-0.1, -0.05) is 32.0 Å². The van der Waals surface area contributed by atoms with Crippen molar-refractivity contribution in [1.29, 1.82) is 0 Å². The minimum atomic E-state index is 0.745. The van der Waals surface area contributed by atoms with Gasteiger partial charge in [0.05, 0.1) is 0 Å². The van der Waals surface area contributed by atoms with Gasteiger partial charge in [0.1, 0.15) is 0 Å². The monoisotopic (exact) mass is 261 g/mol. The summed E-state index contributed by atoms with van der Waals surface area (Å²) in [5.41, 5.74) is 1.36. The van der Waals surface area contributed by atoms with Crippen LogP contribution in [0.25, 0.3) is 0 Å². The molecule has 1 heterocycles. The number of anilines is 1. The van der Waals surface area contributed by atoms with E-state index in [1.54, 1.807) is 0 Å². The second-order valence-electron chi connectivity index (χ2n) is 5.76. The molecule has 0 bridgehead atoms. The van der Waals surface area contributed by atoms with Crippen LogP contribution in [0, 0.1) is 5.92 Å². The van der Waals surface area contributed by atoms with Gasteiger partial charge in [0.2, 0.25) is 0 Å². The Bertz CT molecular complexity index is 342. The van der Waals surface area contributed by atoms with Gasteiger partial charge < -0.3 is 10.2 Å². The van der Waals surface area contributed by atoms with Crippen LogP contribution in [0.15, 0.2) is 30.3 Å². The van der Waals surface area contributed by atoms with Gasteiger partial charge in [0.15, 0.2) is 0 Å². The molecular formula is C16H27N3. The Balaban J connectivity index is 1.65. The molecule has 3 nitrogen and oxygen atoms in total. The predicted molar refractivity (Wildman–Crippen MR) is 82.8 cm³/mol. The quantitative estimate of drug-likeness (QED) is 0.791. The van der Waals surface area contributed by atoms with E-state index >= 15 is 0 Å². The Morgan fingerprint density at radius 1 is 1.05 bits per heavy atom. The SMILES string of the molecule is CC(C)CNCCN1CCN(c2ccccc2)CC1. The molecule has 1 saturated heterocycles. The average molecular weight is 261 g/mol. The average Bonchev–Trinajstić information content (AvgIpc) is 2.45. The molecular weight excluding hydrogens is 234 g/mol. The second-order valence-corrected chi connectivity index (χ2v) is 5.76. The lowest BCUT2D eigenvalue weighted by molar-refractivity contribution is 0.256. The Morgan fingerprint density at radius 3 is 2.37 bits per heavy atom. The van der Waals surface area contributed by atoms with Gasteiger partial charge in [-0.05, 0) is 24.6 Å². The summed E-state index contributed by atoms with van der Waals surface area (Å²) in [5.74, 6) is 0.745. The largest absolute Gasteiger partial charge is 0.369 e. The van der Waals surface area contributed by atoms with Gasteiger partial charge in [-0.15, -0.1) is 0 Å². The summed E-state index contributed by atoms with van der Waals surface area (Å²) >= 11 is 0. The van der Waals surface area contributed by atoms with E-state index in [1.165, 1.54) is 25.3 Å². The van der Waals surface area contributed by atoms with E-state index in [0.29, 0.717) is 0 Å². The molecule has 0 saturated carbocycles. The summed E-state index contributed by atoms with van der Waals surface area (Å²) in [7, 11) is 0. The lowest BCUT2D eigenvalue weighted by Crippen LogP contribution is -2.48. The van der Waals surface area contributed by atoms with Crippen molar-refractivity contribution in [3.8, 4) is 0 Å². The van der Waals surface area contributed by atoms with Crippen molar-refractivity contribution in [2.75, 3.05) is 50.7 Å². The van der Waals surface area contributed by atoms with Crippen LogP contribution in [0.3, 0.4) is 0 Å². The maximum Gasteiger partial charge on any atom is 0.0367 e. The number of piperazine rings is 1. The first-order valence-electron chi connectivity index (χ1n) is 7.49. The van der Waals surface area contributed by atoms with Crippen LogP contribution in [0.1, 0.15) is 13.8 Å². The third-order valence-electron chi connectivity index (χ3n) is 3.65. The molecule has 0 unspecified atom stereocenters. The smallest absolute Gasteiger partial charge is 0.0367 e. The number of hydrogen-bond acceptors (Lipinski definition) is 3. The molecule has 1 aromatic rings. The Kier molecular flexibility index (Phi) is 5.67. The number of nitrogens with zero attached hydrogens (tertiary/aromatic N) is 2. The van der Waals surface area contributed by atoms with E-state index < -0.39 is 0 Å². The highest BCUT2D eigenvalue weighted by molar-refractivity contribution is 5.46. The van der Waals surface area contributed by atoms with Crippen LogP contribution in [0.4, 0.5) is 5.69 Å². The fourth-order valence-electron chi connectivity index (χ4n) is 2.50. The first kappa shape index (κ1) is 14.4. The zero-order valence-corrected chi connectivity index (χ0v) is 12.3. The summed E-state index contributed by atoms with van der Waals surface area (Å²) in [6.07, 6.45) is 0. The van der Waals surface area contributed by atoms with Crippen LogP contribution in [-0.4, -0.2) is 50.7 Å². The van der Waals surface area contributed by atoms with Gasteiger partial charge in [-0.2, -0.15) is 0 Å². The molecule has 3 heteroatoms. The van der Waals surface area contributed by atoms with Crippen molar-refractivity contribution in [1.82, 2.24) is 10.2 Å². The predicted octanol–water partition coefficient (Wildman–Crippen LogP) is 2.05. The van der Waals surface area contributed by atoms with E-state index in [-0.39, 0.29) is 0 Å². The van der Waals surface area contributed by atoms with Crippen LogP contribution in [0.5, 0.6) is 0 Å². The van der Waals surface area contributed by atoms with E-state index in [9.17, 15) is 0 Å². The van der Waals surface area contributed by atoms with Gasteiger partial charge >= 0.3 is 0 Å². The highest BCUT2D eigenvalue weighted by Gasteiger charge is 2.16. The Labute approximate surface area is 117 Å². The lowest BCUT2D eigenvalue weighted by Gasteiger charge is -2.36. The lowest BCUT2D eigenvalue weighted by atomic mass is 10.2. The maximum absolute atomic E-state index is 3.52. The second kappa shape index (κ2) is 7.51. The van der Waals surface area contributed by atoms with Crippen molar-refractivity contribution in [3.63, 3.8) is 0 Å². The van der Waals surface area contributed by atoms with Crippen LogP contribution >= 0.6 is 0 Å². The van der Waals surface area contributed by atoms with Gasteiger partial charge in [0, 0.05) is 45.0 Å². The fraction of sp³-hybridized carbons (Fsp3) is 0.625. The summed E-state index contributed by atoms with van der Waals surface area (Å²) in [6, 6.07) is 10.7. The molecule has 0 radical (unpaired) electrons. The first-order chi connectivity index (χ1) is 9.25. The van der Waals surface area contributed by atoms with Gasteiger partial charge in [0.25, 0.3) is 0 Å². The Hall–Kier alpha value is -1.06. The summed E-state index contributed by atoms with van der Waals surface area (Å²) in [4.78, 5) is 5.05. The molecule has 0 aliphatic carbocycles. The van der Waals surface area contributed by atoms with Crippen molar-refractivity contribution in [2.24, 2.45) is 5.92 Å². The van der Waals surface area contributed by atoms with E-state index in [4.69, 9.17) is 0 Å². The zero-order chi connectivity index (χ0) is 13.5. The molecule has 1 aliphatic heterocycles. The van der Waals surface area contributed by atoms with Crippen LogP contribution < -0.4 is 10.2 Å². The minimum Gasteiger partial charge on any atom is -0.369 e. The molecule has 2 rings (SSSR count). The molecule has 1 fully saturated rings. The third-order valence-corrected chi connectivity index (χ3v) is 3.65. The number of benzene rings is 1. The highest BCUT2D eigenvalue weighted by Crippen LogP contribution is 2.15. The molecule has 0 spiro atoms. The first-order valence-corrected chi connectivity index (χ1v) is 7.49. The molecule has 0 amide bonds. The summed E-state index contributed by atoms with van der Waals surface area (Å²) in [5, 5.41) is 3.52. The third kappa shape index (κ3) is 4.84. The zero-order valence-electron chi connectivity index (χ0n) is 12.3. The van der Waals surface area contributed by atoms with Crippen molar-refractivity contribution in [2.45, 2.75) is 13.8 Å². The molecule has 1 aromatic carbocycles. The molecule has 0 atom stereocenters. The van der Waals surface area contributed by atoms with Crippen LogP contribution in [-0.2, 0) is 0 Å². The van der Waals surface area contributed by atoms with Crippen molar-refractivity contribution >= 4 is 5.69 Å². The van der Waals surface area contributed by atoms with E-state index in [2.05, 4.69) is 59.3 Å². The van der Waals surface area contributed by atoms with Crippen molar-refractivity contribution < 1.29 is 0 Å². The van der Waals surface area contributed by atoms with Crippen molar-refractivity contribution in [3.05, 3.63) is 30.3 Å². The fourth-order valence-corrected chi connectivity index (χ4v) is 2.50. The maximum atomic E-state index is 3.52. The van der Waals surface area contributed by atoms with Crippen LogP contribution in [0.2, 0.25) is 0 Å². The normalized spacial score (nSPS) is 17.1. The Morgan fingerprint density at radius 2 is 1.74 bits per heavy atom.